The number of anilines is 1. The van der Waals surface area contributed by atoms with Crippen molar-refractivity contribution in [2.45, 2.75) is 30.3 Å². The van der Waals surface area contributed by atoms with Crippen LogP contribution < -0.4 is 10.2 Å². The van der Waals surface area contributed by atoms with Gasteiger partial charge in [0.15, 0.2) is 0 Å². The van der Waals surface area contributed by atoms with Crippen LogP contribution in [0.1, 0.15) is 12.2 Å². The number of para-hydroxylation sites is 1. The predicted molar refractivity (Wildman–Crippen MR) is 92.0 cm³/mol. The lowest BCUT2D eigenvalue weighted by Crippen LogP contribution is -2.48. The Morgan fingerprint density at radius 3 is 3.17 bits per heavy atom. The Bertz CT molecular complexity index is 788. The Morgan fingerprint density at radius 1 is 1.38 bits per heavy atom. The Labute approximate surface area is 144 Å². The molecule has 0 saturated heterocycles. The number of hydrogen-bond acceptors (Lipinski definition) is 4. The zero-order valence-electron chi connectivity index (χ0n) is 13.1. The molecule has 2 aliphatic heterocycles. The van der Waals surface area contributed by atoms with Gasteiger partial charge in [0.1, 0.15) is 12.4 Å². The van der Waals surface area contributed by atoms with E-state index in [1.54, 1.807) is 11.1 Å². The second-order valence-electron chi connectivity index (χ2n) is 6.04. The predicted octanol–water partition coefficient (Wildman–Crippen LogP) is 1.45. The monoisotopic (exact) mass is 342 g/mol. The van der Waals surface area contributed by atoms with Crippen LogP contribution in [0.5, 0.6) is 0 Å². The van der Waals surface area contributed by atoms with Gasteiger partial charge < -0.3 is 14.8 Å². The maximum Gasteiger partial charge on any atom is 0.240 e. The second-order valence-corrected chi connectivity index (χ2v) is 7.05. The molecule has 1 aromatic carbocycles. The first-order valence-electron chi connectivity index (χ1n) is 8.02. The van der Waals surface area contributed by atoms with Crippen LogP contribution in [0.3, 0.4) is 0 Å². The Hall–Kier alpha value is -2.28. The van der Waals surface area contributed by atoms with Gasteiger partial charge in [0.25, 0.3) is 0 Å². The molecule has 7 heteroatoms. The van der Waals surface area contributed by atoms with Crippen molar-refractivity contribution < 1.29 is 9.59 Å². The molecule has 1 atom stereocenters. The Morgan fingerprint density at radius 2 is 2.25 bits per heavy atom. The molecular formula is C17H18N4O2S. The van der Waals surface area contributed by atoms with E-state index >= 15 is 0 Å². The van der Waals surface area contributed by atoms with Crippen molar-refractivity contribution in [1.29, 1.82) is 0 Å². The minimum Gasteiger partial charge on any atom is -0.350 e. The molecule has 2 amide bonds. The molecule has 0 radical (unpaired) electrons. The molecule has 0 fully saturated rings. The van der Waals surface area contributed by atoms with Gasteiger partial charge in [-0.15, -0.1) is 11.8 Å². The molecule has 1 aromatic heterocycles. The summed E-state index contributed by atoms with van der Waals surface area (Å²) >= 11 is 1.52. The van der Waals surface area contributed by atoms with Crippen LogP contribution >= 0.6 is 11.8 Å². The largest absolute Gasteiger partial charge is 0.350 e. The number of benzene rings is 1. The van der Waals surface area contributed by atoms with Gasteiger partial charge >= 0.3 is 0 Å². The van der Waals surface area contributed by atoms with E-state index in [2.05, 4.69) is 14.9 Å². The zero-order chi connectivity index (χ0) is 16.5. The molecule has 0 unspecified atom stereocenters. The van der Waals surface area contributed by atoms with E-state index in [9.17, 15) is 9.59 Å². The van der Waals surface area contributed by atoms with E-state index in [1.807, 2.05) is 30.5 Å². The summed E-state index contributed by atoms with van der Waals surface area (Å²) in [6.45, 7) is 0.811. The number of imidazole rings is 1. The summed E-state index contributed by atoms with van der Waals surface area (Å²) in [6.07, 6.45) is 5.47. The Balaban J connectivity index is 1.42. The highest BCUT2D eigenvalue weighted by atomic mass is 32.2. The third kappa shape index (κ3) is 2.91. The quantitative estimate of drug-likeness (QED) is 0.917. The van der Waals surface area contributed by atoms with Crippen molar-refractivity contribution in [3.05, 3.63) is 42.5 Å². The van der Waals surface area contributed by atoms with Gasteiger partial charge in [-0.3, -0.25) is 9.59 Å². The topological polar surface area (TPSA) is 67.2 Å². The average molecular weight is 342 g/mol. The fourth-order valence-corrected chi connectivity index (χ4v) is 4.16. The minimum atomic E-state index is -0.112. The number of fused-ring (bicyclic) bond motifs is 2. The lowest BCUT2D eigenvalue weighted by atomic mass is 10.1. The summed E-state index contributed by atoms with van der Waals surface area (Å²) in [5.41, 5.74) is 0.828. The van der Waals surface area contributed by atoms with Crippen molar-refractivity contribution in [1.82, 2.24) is 14.9 Å². The summed E-state index contributed by atoms with van der Waals surface area (Å²) in [7, 11) is 0. The lowest BCUT2D eigenvalue weighted by Gasteiger charge is -2.30. The van der Waals surface area contributed by atoms with Gasteiger partial charge in [-0.1, -0.05) is 12.1 Å². The number of carbonyl (C=O) groups is 2. The maximum absolute atomic E-state index is 12.4. The molecule has 1 N–H and O–H groups in total. The van der Waals surface area contributed by atoms with E-state index in [-0.39, 0.29) is 24.4 Å². The van der Waals surface area contributed by atoms with E-state index < -0.39 is 0 Å². The number of nitrogens with one attached hydrogen (secondary N) is 1. The number of aryl methyl sites for hydroxylation is 1. The molecule has 0 spiro atoms. The first kappa shape index (κ1) is 15.3. The van der Waals surface area contributed by atoms with E-state index in [0.717, 1.165) is 35.8 Å². The second kappa shape index (κ2) is 6.32. The highest BCUT2D eigenvalue weighted by molar-refractivity contribution is 8.00. The van der Waals surface area contributed by atoms with Crippen LogP contribution in [0.25, 0.3) is 0 Å². The number of nitrogens with zero attached hydrogens (tertiary/aromatic N) is 3. The number of thioether (sulfide) groups is 1. The van der Waals surface area contributed by atoms with Gasteiger partial charge in [-0.2, -0.15) is 0 Å². The van der Waals surface area contributed by atoms with Crippen molar-refractivity contribution >= 4 is 29.3 Å². The number of rotatable bonds is 3. The summed E-state index contributed by atoms with van der Waals surface area (Å²) in [6, 6.07) is 7.81. The number of carbonyl (C=O) groups excluding carboxylic acids is 2. The van der Waals surface area contributed by atoms with Crippen molar-refractivity contribution in [2.75, 3.05) is 17.2 Å². The molecule has 124 valence electrons. The van der Waals surface area contributed by atoms with Gasteiger partial charge in [0, 0.05) is 36.3 Å². The third-order valence-corrected chi connectivity index (χ3v) is 5.46. The van der Waals surface area contributed by atoms with E-state index in [1.165, 1.54) is 11.8 Å². The summed E-state index contributed by atoms with van der Waals surface area (Å²) in [5.74, 6) is 1.32. The standard InChI is InChI=1S/C17H18N4O2S/c22-16(19-12-5-6-15-18-7-8-20(15)9-12)10-21-13-3-1-2-4-14(13)24-11-17(21)23/h1-4,7-8,12H,5-6,9-11H2,(H,19,22)/t12-/m0/s1. The number of hydrogen-bond donors (Lipinski definition) is 1. The molecule has 3 heterocycles. The lowest BCUT2D eigenvalue weighted by molar-refractivity contribution is -0.123. The van der Waals surface area contributed by atoms with Gasteiger partial charge in [-0.25, -0.2) is 4.98 Å². The van der Waals surface area contributed by atoms with Crippen LogP contribution in [-0.2, 0) is 22.6 Å². The van der Waals surface area contributed by atoms with Crippen molar-refractivity contribution in [3.63, 3.8) is 0 Å². The average Bonchev–Trinajstić information content (AvgIpc) is 3.05. The van der Waals surface area contributed by atoms with Crippen LogP contribution in [0.15, 0.2) is 41.6 Å². The zero-order valence-corrected chi connectivity index (χ0v) is 14.0. The summed E-state index contributed by atoms with van der Waals surface area (Å²) in [4.78, 5) is 31.6. The van der Waals surface area contributed by atoms with Crippen LogP contribution in [0, 0.1) is 0 Å². The Kier molecular flexibility index (Phi) is 4.02. The van der Waals surface area contributed by atoms with Crippen LogP contribution in [0.4, 0.5) is 5.69 Å². The fraction of sp³-hybridized carbons (Fsp3) is 0.353. The fourth-order valence-electron chi connectivity index (χ4n) is 3.23. The minimum absolute atomic E-state index is 0.0191. The van der Waals surface area contributed by atoms with Crippen LogP contribution in [0.2, 0.25) is 0 Å². The molecule has 0 bridgehead atoms. The first-order chi connectivity index (χ1) is 11.7. The van der Waals surface area contributed by atoms with Gasteiger partial charge in [-0.05, 0) is 18.6 Å². The normalized spacial score (nSPS) is 19.6. The van der Waals surface area contributed by atoms with Crippen LogP contribution in [-0.4, -0.2) is 39.7 Å². The summed E-state index contributed by atoms with van der Waals surface area (Å²) in [5, 5.41) is 3.06. The van der Waals surface area contributed by atoms with E-state index in [4.69, 9.17) is 0 Å². The molecular weight excluding hydrogens is 324 g/mol. The molecule has 24 heavy (non-hydrogen) atoms. The van der Waals surface area contributed by atoms with Gasteiger partial charge in [0.2, 0.25) is 11.8 Å². The molecule has 4 rings (SSSR count). The first-order valence-corrected chi connectivity index (χ1v) is 9.01. The third-order valence-electron chi connectivity index (χ3n) is 4.41. The highest BCUT2D eigenvalue weighted by Gasteiger charge is 2.27. The molecule has 0 aliphatic carbocycles. The maximum atomic E-state index is 12.4. The van der Waals surface area contributed by atoms with Crippen molar-refractivity contribution in [3.8, 4) is 0 Å². The molecule has 2 aliphatic rings. The molecule has 2 aromatic rings. The summed E-state index contributed by atoms with van der Waals surface area (Å²) < 4.78 is 2.08. The van der Waals surface area contributed by atoms with Gasteiger partial charge in [0.05, 0.1) is 11.4 Å². The SMILES string of the molecule is O=C(CN1C(=O)CSc2ccccc21)N[C@H]1CCc2nccn2C1. The molecule has 6 nitrogen and oxygen atoms in total. The van der Waals surface area contributed by atoms with E-state index in [0.29, 0.717) is 5.75 Å². The van der Waals surface area contributed by atoms with Crippen molar-refractivity contribution in [2.24, 2.45) is 0 Å². The smallest absolute Gasteiger partial charge is 0.240 e. The number of amides is 2. The highest BCUT2D eigenvalue weighted by Crippen LogP contribution is 2.34. The molecule has 0 saturated carbocycles. The number of aromatic nitrogens is 2.